The number of halogens is 1. The summed E-state index contributed by atoms with van der Waals surface area (Å²) in [6.07, 6.45) is 6.89. The van der Waals surface area contributed by atoms with Gasteiger partial charge in [0, 0.05) is 32.6 Å². The molecule has 0 bridgehead atoms. The van der Waals surface area contributed by atoms with Crippen LogP contribution in [-0.4, -0.2) is 47.9 Å². The molecule has 3 rings (SSSR count). The normalized spacial score (nSPS) is 23.4. The average Bonchev–Trinajstić information content (AvgIpc) is 2.60. The smallest absolute Gasteiger partial charge is 0.219 e. The van der Waals surface area contributed by atoms with Gasteiger partial charge in [-0.2, -0.15) is 0 Å². The third-order valence-electron chi connectivity index (χ3n) is 5.71. The maximum atomic E-state index is 13.3. The predicted octanol–water partition coefficient (Wildman–Crippen LogP) is 3.48. The Balaban J connectivity index is 1.47. The van der Waals surface area contributed by atoms with E-state index in [0.717, 1.165) is 44.3 Å². The minimum absolute atomic E-state index is 0.130. The number of rotatable bonds is 4. The number of amides is 1. The highest BCUT2D eigenvalue weighted by Gasteiger charge is 2.29. The van der Waals surface area contributed by atoms with Gasteiger partial charge in [0.1, 0.15) is 5.82 Å². The number of carbonyl (C=O) groups excluding carboxylic acids is 1. The van der Waals surface area contributed by atoms with Crippen molar-refractivity contribution >= 4 is 5.91 Å². The van der Waals surface area contributed by atoms with Crippen LogP contribution in [0.3, 0.4) is 0 Å². The summed E-state index contributed by atoms with van der Waals surface area (Å²) in [6.45, 7) is 5.85. The number of carbonyl (C=O) groups is 1. The highest BCUT2D eigenvalue weighted by molar-refractivity contribution is 5.73. The number of aryl methyl sites for hydroxylation is 1. The Kier molecular flexibility index (Phi) is 5.88. The van der Waals surface area contributed by atoms with Gasteiger partial charge in [0.2, 0.25) is 5.91 Å². The molecule has 1 atom stereocenters. The third kappa shape index (κ3) is 4.56. The third-order valence-corrected chi connectivity index (χ3v) is 5.71. The number of piperidine rings is 2. The van der Waals surface area contributed by atoms with E-state index in [1.807, 2.05) is 11.0 Å². The van der Waals surface area contributed by atoms with Crippen molar-refractivity contribution in [2.75, 3.05) is 26.2 Å². The standard InChI is InChI=1S/C20H29FN2O/c1-16(24)22-12-9-20(10-13-22)23-11-3-5-18(15-23)8-7-17-4-2-6-19(21)14-17/h2,4,6,14,18,20H,3,5,7-13,15H2,1H3. The van der Waals surface area contributed by atoms with Crippen molar-refractivity contribution in [1.82, 2.24) is 9.80 Å². The van der Waals surface area contributed by atoms with Crippen LogP contribution in [0.5, 0.6) is 0 Å². The molecule has 24 heavy (non-hydrogen) atoms. The van der Waals surface area contributed by atoms with Crippen LogP contribution >= 0.6 is 0 Å². The van der Waals surface area contributed by atoms with E-state index in [2.05, 4.69) is 4.90 Å². The van der Waals surface area contributed by atoms with Crippen LogP contribution in [0.15, 0.2) is 24.3 Å². The number of hydrogen-bond donors (Lipinski definition) is 0. The average molecular weight is 332 g/mol. The lowest BCUT2D eigenvalue weighted by atomic mass is 9.89. The molecule has 3 nitrogen and oxygen atoms in total. The zero-order valence-corrected chi connectivity index (χ0v) is 14.7. The molecule has 0 aliphatic carbocycles. The van der Waals surface area contributed by atoms with Gasteiger partial charge in [-0.15, -0.1) is 0 Å². The van der Waals surface area contributed by atoms with Crippen LogP contribution in [0, 0.1) is 11.7 Å². The molecule has 0 saturated carbocycles. The molecule has 2 heterocycles. The summed E-state index contributed by atoms with van der Waals surface area (Å²) in [5.41, 5.74) is 1.11. The molecule has 1 aromatic carbocycles. The molecule has 0 radical (unpaired) electrons. The van der Waals surface area contributed by atoms with E-state index in [4.69, 9.17) is 0 Å². The van der Waals surface area contributed by atoms with Crippen LogP contribution in [0.2, 0.25) is 0 Å². The van der Waals surface area contributed by atoms with Crippen molar-refractivity contribution in [2.24, 2.45) is 5.92 Å². The van der Waals surface area contributed by atoms with Crippen LogP contribution < -0.4 is 0 Å². The van der Waals surface area contributed by atoms with E-state index in [9.17, 15) is 9.18 Å². The SMILES string of the molecule is CC(=O)N1CCC(N2CCCC(CCc3cccc(F)c3)C2)CC1. The summed E-state index contributed by atoms with van der Waals surface area (Å²) in [7, 11) is 0. The quantitative estimate of drug-likeness (QED) is 0.843. The lowest BCUT2D eigenvalue weighted by molar-refractivity contribution is -0.130. The van der Waals surface area contributed by atoms with Crippen molar-refractivity contribution in [3.63, 3.8) is 0 Å². The molecule has 2 saturated heterocycles. The fraction of sp³-hybridized carbons (Fsp3) is 0.650. The van der Waals surface area contributed by atoms with E-state index in [0.29, 0.717) is 12.0 Å². The van der Waals surface area contributed by atoms with Gasteiger partial charge in [0.05, 0.1) is 0 Å². The van der Waals surface area contributed by atoms with Gasteiger partial charge in [-0.3, -0.25) is 9.69 Å². The maximum Gasteiger partial charge on any atom is 0.219 e. The molecule has 1 aromatic rings. The lowest BCUT2D eigenvalue weighted by Crippen LogP contribution is -2.49. The number of nitrogens with zero attached hydrogens (tertiary/aromatic N) is 2. The fourth-order valence-electron chi connectivity index (χ4n) is 4.27. The number of likely N-dealkylation sites (tertiary alicyclic amines) is 2. The fourth-order valence-corrected chi connectivity index (χ4v) is 4.27. The topological polar surface area (TPSA) is 23.6 Å². The Morgan fingerprint density at radius 3 is 2.71 bits per heavy atom. The van der Waals surface area contributed by atoms with E-state index < -0.39 is 0 Å². The minimum Gasteiger partial charge on any atom is -0.343 e. The molecule has 0 spiro atoms. The molecular weight excluding hydrogens is 303 g/mol. The van der Waals surface area contributed by atoms with Gasteiger partial charge in [-0.25, -0.2) is 4.39 Å². The Morgan fingerprint density at radius 1 is 1.21 bits per heavy atom. The van der Waals surface area contributed by atoms with Crippen LogP contribution in [-0.2, 0) is 11.2 Å². The first-order valence-electron chi connectivity index (χ1n) is 9.36. The largest absolute Gasteiger partial charge is 0.343 e. The van der Waals surface area contributed by atoms with Gasteiger partial charge in [0.15, 0.2) is 0 Å². The molecule has 0 N–H and O–H groups in total. The van der Waals surface area contributed by atoms with E-state index in [1.54, 1.807) is 19.1 Å². The van der Waals surface area contributed by atoms with E-state index >= 15 is 0 Å². The first-order valence-corrected chi connectivity index (χ1v) is 9.36. The number of hydrogen-bond acceptors (Lipinski definition) is 2. The molecular formula is C20H29FN2O. The van der Waals surface area contributed by atoms with Crippen molar-refractivity contribution < 1.29 is 9.18 Å². The molecule has 0 aromatic heterocycles. The maximum absolute atomic E-state index is 13.3. The Morgan fingerprint density at radius 2 is 2.00 bits per heavy atom. The molecule has 2 aliphatic rings. The van der Waals surface area contributed by atoms with E-state index in [1.165, 1.54) is 32.0 Å². The molecule has 2 aliphatic heterocycles. The minimum atomic E-state index is -0.130. The Labute approximate surface area is 144 Å². The zero-order valence-electron chi connectivity index (χ0n) is 14.7. The van der Waals surface area contributed by atoms with Gasteiger partial charge in [-0.05, 0) is 68.7 Å². The summed E-state index contributed by atoms with van der Waals surface area (Å²) in [4.78, 5) is 16.1. The Bertz CT molecular complexity index is 554. The second-order valence-electron chi connectivity index (χ2n) is 7.41. The van der Waals surface area contributed by atoms with Gasteiger partial charge >= 0.3 is 0 Å². The second-order valence-corrected chi connectivity index (χ2v) is 7.41. The predicted molar refractivity (Wildman–Crippen MR) is 94.3 cm³/mol. The van der Waals surface area contributed by atoms with Gasteiger partial charge < -0.3 is 4.90 Å². The summed E-state index contributed by atoms with van der Waals surface area (Å²) in [6, 6.07) is 7.65. The lowest BCUT2D eigenvalue weighted by Gasteiger charge is -2.42. The summed E-state index contributed by atoms with van der Waals surface area (Å²) >= 11 is 0. The van der Waals surface area contributed by atoms with E-state index in [-0.39, 0.29) is 11.7 Å². The van der Waals surface area contributed by atoms with Crippen molar-refractivity contribution in [3.05, 3.63) is 35.6 Å². The monoisotopic (exact) mass is 332 g/mol. The molecule has 1 unspecified atom stereocenters. The first-order chi connectivity index (χ1) is 11.6. The van der Waals surface area contributed by atoms with Crippen molar-refractivity contribution in [1.29, 1.82) is 0 Å². The highest BCUT2D eigenvalue weighted by atomic mass is 19.1. The highest BCUT2D eigenvalue weighted by Crippen LogP contribution is 2.26. The molecule has 2 fully saturated rings. The summed E-state index contributed by atoms with van der Waals surface area (Å²) in [5.74, 6) is 0.794. The van der Waals surface area contributed by atoms with Crippen LogP contribution in [0.25, 0.3) is 0 Å². The molecule has 132 valence electrons. The van der Waals surface area contributed by atoms with Crippen LogP contribution in [0.1, 0.15) is 44.6 Å². The summed E-state index contributed by atoms with van der Waals surface area (Å²) < 4.78 is 13.3. The van der Waals surface area contributed by atoms with Gasteiger partial charge in [-0.1, -0.05) is 12.1 Å². The van der Waals surface area contributed by atoms with Crippen LogP contribution in [0.4, 0.5) is 4.39 Å². The summed E-state index contributed by atoms with van der Waals surface area (Å²) in [5, 5.41) is 0. The number of benzene rings is 1. The Hall–Kier alpha value is -1.42. The second kappa shape index (κ2) is 8.11. The molecule has 4 heteroatoms. The van der Waals surface area contributed by atoms with Gasteiger partial charge in [0.25, 0.3) is 0 Å². The van der Waals surface area contributed by atoms with Crippen molar-refractivity contribution in [3.8, 4) is 0 Å². The zero-order chi connectivity index (χ0) is 16.9. The van der Waals surface area contributed by atoms with Crippen molar-refractivity contribution in [2.45, 2.75) is 51.5 Å². The molecule has 1 amide bonds. The first kappa shape index (κ1) is 17.4.